The van der Waals surface area contributed by atoms with E-state index in [2.05, 4.69) is 30.9 Å². The zero-order chi connectivity index (χ0) is 10.1. The lowest BCUT2D eigenvalue weighted by Gasteiger charge is -2.03. The van der Waals surface area contributed by atoms with E-state index < -0.39 is 0 Å². The molecule has 0 bridgehead atoms. The second-order valence-electron chi connectivity index (χ2n) is 3.10. The molecule has 0 spiro atoms. The van der Waals surface area contributed by atoms with Crippen molar-refractivity contribution in [1.82, 2.24) is 4.75 Å². The Labute approximate surface area is 94.1 Å². The second kappa shape index (κ2) is 4.18. The van der Waals surface area contributed by atoms with Crippen molar-refractivity contribution in [1.29, 1.82) is 0 Å². The quantitative estimate of drug-likeness (QED) is 0.719. The number of rotatable bonds is 2. The fraction of sp³-hybridized carbons (Fsp3) is 0.400. The van der Waals surface area contributed by atoms with E-state index in [1.807, 2.05) is 23.1 Å². The average molecular weight is 241 g/mol. The molecule has 0 saturated carbocycles. The van der Waals surface area contributed by atoms with Gasteiger partial charge in [-0.2, -0.15) is 0 Å². The smallest absolute Gasteiger partial charge is 0.0873 e. The van der Waals surface area contributed by atoms with Crippen LogP contribution in [0.15, 0.2) is 11.0 Å². The van der Waals surface area contributed by atoms with Gasteiger partial charge >= 0.3 is 0 Å². The third-order valence-electron chi connectivity index (χ3n) is 2.12. The number of thiophene rings is 1. The van der Waals surface area contributed by atoms with E-state index in [9.17, 15) is 0 Å². The minimum Gasteiger partial charge on any atom is -0.226 e. The van der Waals surface area contributed by atoms with Crippen molar-refractivity contribution in [2.75, 3.05) is 6.26 Å². The Morgan fingerprint density at radius 2 is 2.36 bits per heavy atom. The summed E-state index contributed by atoms with van der Waals surface area (Å²) in [7, 11) is 1.15. The van der Waals surface area contributed by atoms with Gasteiger partial charge in [-0.05, 0) is 25.7 Å². The van der Waals surface area contributed by atoms with E-state index in [4.69, 9.17) is 0 Å². The van der Waals surface area contributed by atoms with Gasteiger partial charge in [0.05, 0.1) is 10.2 Å². The molecule has 0 aliphatic carbocycles. The molecule has 0 atom stereocenters. The van der Waals surface area contributed by atoms with Gasteiger partial charge in [-0.1, -0.05) is 6.92 Å². The monoisotopic (exact) mass is 241 g/mol. The number of nitrogens with zero attached hydrogens (tertiary/aromatic N) is 1. The van der Waals surface area contributed by atoms with E-state index in [-0.39, 0.29) is 0 Å². The summed E-state index contributed by atoms with van der Waals surface area (Å²) in [6, 6.07) is 2.19. The van der Waals surface area contributed by atoms with Crippen LogP contribution in [0.5, 0.6) is 0 Å². The maximum Gasteiger partial charge on any atom is 0.0873 e. The van der Waals surface area contributed by atoms with E-state index >= 15 is 0 Å². The summed E-state index contributed by atoms with van der Waals surface area (Å²) in [6.07, 6.45) is 3.27. The van der Waals surface area contributed by atoms with Crippen LogP contribution in [0, 0.1) is 6.92 Å². The summed E-state index contributed by atoms with van der Waals surface area (Å²) in [5.41, 5.74) is 1.19. The minimum absolute atomic E-state index is 1.11. The van der Waals surface area contributed by atoms with Crippen molar-refractivity contribution in [3.8, 4) is 0 Å². The molecule has 0 saturated heterocycles. The second-order valence-corrected chi connectivity index (χ2v) is 6.12. The molecule has 0 aromatic carbocycles. The van der Waals surface area contributed by atoms with Crippen molar-refractivity contribution in [2.24, 2.45) is 0 Å². The zero-order valence-electron chi connectivity index (χ0n) is 8.50. The van der Waals surface area contributed by atoms with Crippen LogP contribution in [0.25, 0.3) is 10.2 Å². The van der Waals surface area contributed by atoms with Crippen LogP contribution in [-0.4, -0.2) is 11.0 Å². The Hall–Kier alpha value is -0.110. The molecule has 0 aliphatic heterocycles. The normalized spacial score (nSPS) is 11.6. The largest absolute Gasteiger partial charge is 0.226 e. The highest BCUT2D eigenvalue weighted by Gasteiger charge is 2.09. The number of aryl methyl sites for hydroxylation is 2. The molecule has 0 amide bonds. The molecule has 2 aromatic rings. The van der Waals surface area contributed by atoms with Gasteiger partial charge in [0.15, 0.2) is 0 Å². The Balaban J connectivity index is 2.75. The molecule has 1 nitrogen and oxygen atoms in total. The van der Waals surface area contributed by atoms with Crippen LogP contribution < -0.4 is 0 Å². The number of aromatic nitrogens is 1. The maximum absolute atomic E-state index is 4.58. The van der Waals surface area contributed by atoms with Crippen LogP contribution in [-0.2, 0) is 6.42 Å². The molecule has 0 aliphatic rings. The van der Waals surface area contributed by atoms with Crippen LogP contribution in [0.1, 0.15) is 17.1 Å². The number of thioether (sulfide) groups is 1. The summed E-state index contributed by atoms with van der Waals surface area (Å²) in [4.78, 5) is 2.81. The standard InChI is InChI=1S/C10H12NPS2/c1-4-8-10(13-3)9-7(11-12-8)5-6(2)14-9/h5H,4H2,1-3H3. The summed E-state index contributed by atoms with van der Waals surface area (Å²) >= 11 is 3.72. The van der Waals surface area contributed by atoms with E-state index in [0.717, 1.165) is 14.8 Å². The summed E-state index contributed by atoms with van der Waals surface area (Å²) in [5.74, 6) is 0. The highest BCUT2D eigenvalue weighted by molar-refractivity contribution is 7.99. The first-order chi connectivity index (χ1) is 6.76. The van der Waals surface area contributed by atoms with Gasteiger partial charge in [0.2, 0.25) is 0 Å². The first-order valence-corrected chi connectivity index (χ1v) is 7.44. The van der Waals surface area contributed by atoms with Crippen molar-refractivity contribution in [2.45, 2.75) is 25.2 Å². The average Bonchev–Trinajstić information content (AvgIpc) is 2.56. The van der Waals surface area contributed by atoms with Gasteiger partial charge in [0.1, 0.15) is 0 Å². The van der Waals surface area contributed by atoms with Crippen LogP contribution >= 0.6 is 31.4 Å². The first-order valence-electron chi connectivity index (χ1n) is 4.56. The maximum atomic E-state index is 4.58. The molecule has 0 unspecified atom stereocenters. The Kier molecular flexibility index (Phi) is 3.10. The summed E-state index contributed by atoms with van der Waals surface area (Å²) < 4.78 is 5.96. The Morgan fingerprint density at radius 3 is 3.00 bits per heavy atom. The van der Waals surface area contributed by atoms with Crippen molar-refractivity contribution >= 4 is 41.7 Å². The number of hydrogen-bond donors (Lipinski definition) is 0. The lowest BCUT2D eigenvalue weighted by molar-refractivity contribution is 1.14. The summed E-state index contributed by atoms with van der Waals surface area (Å²) in [6.45, 7) is 4.36. The van der Waals surface area contributed by atoms with E-state index in [0.29, 0.717) is 0 Å². The highest BCUT2D eigenvalue weighted by atomic mass is 32.2. The SMILES string of the molecule is CCc1pnc2cc(C)sc2c1SC. The van der Waals surface area contributed by atoms with Gasteiger partial charge in [-0.15, -0.1) is 23.1 Å². The lowest BCUT2D eigenvalue weighted by atomic mass is 10.3. The van der Waals surface area contributed by atoms with Gasteiger partial charge in [-0.25, -0.2) is 4.75 Å². The molecule has 14 heavy (non-hydrogen) atoms. The fourth-order valence-electron chi connectivity index (χ4n) is 1.47. The van der Waals surface area contributed by atoms with Crippen LogP contribution in [0.4, 0.5) is 0 Å². The van der Waals surface area contributed by atoms with Crippen molar-refractivity contribution in [3.05, 3.63) is 16.2 Å². The third kappa shape index (κ3) is 1.69. The topological polar surface area (TPSA) is 12.9 Å². The van der Waals surface area contributed by atoms with Gasteiger partial charge < -0.3 is 0 Å². The molecule has 0 fully saturated rings. The zero-order valence-corrected chi connectivity index (χ0v) is 11.0. The molecule has 0 radical (unpaired) electrons. The number of fused-ring (bicyclic) bond motifs is 1. The molecule has 2 aromatic heterocycles. The van der Waals surface area contributed by atoms with Crippen molar-refractivity contribution < 1.29 is 0 Å². The Bertz CT molecular complexity index is 464. The van der Waals surface area contributed by atoms with Crippen LogP contribution in [0.3, 0.4) is 0 Å². The molecule has 4 heteroatoms. The van der Waals surface area contributed by atoms with E-state index in [1.54, 1.807) is 0 Å². The molecule has 74 valence electrons. The fourth-order valence-corrected chi connectivity index (χ4v) is 4.70. The molecule has 0 N–H and O–H groups in total. The predicted molar refractivity (Wildman–Crippen MR) is 68.0 cm³/mol. The third-order valence-corrected chi connectivity index (χ3v) is 5.41. The van der Waals surface area contributed by atoms with Crippen LogP contribution in [0.2, 0.25) is 0 Å². The first kappa shape index (κ1) is 10.4. The Morgan fingerprint density at radius 1 is 1.57 bits per heavy atom. The van der Waals surface area contributed by atoms with Gasteiger partial charge in [0, 0.05) is 23.4 Å². The van der Waals surface area contributed by atoms with Gasteiger partial charge in [0.25, 0.3) is 0 Å². The lowest BCUT2D eigenvalue weighted by Crippen LogP contribution is -1.81. The predicted octanol–water partition coefficient (Wildman–Crippen LogP) is 4.47. The molecular weight excluding hydrogens is 229 g/mol. The molecule has 2 heterocycles. The molecule has 2 rings (SSSR count). The minimum atomic E-state index is 1.11. The van der Waals surface area contributed by atoms with E-state index in [1.165, 1.54) is 25.3 Å². The number of hydrogen-bond acceptors (Lipinski definition) is 3. The molecular formula is C10H12NPS2. The highest BCUT2D eigenvalue weighted by Crippen LogP contribution is 2.37. The summed E-state index contributed by atoms with van der Waals surface area (Å²) in [5, 5.41) is 1.46. The van der Waals surface area contributed by atoms with Gasteiger partial charge in [-0.3, -0.25) is 0 Å². The van der Waals surface area contributed by atoms with Crippen molar-refractivity contribution in [3.63, 3.8) is 0 Å².